The number of nitrogens with two attached hydrogens (primary N) is 1. The number of piperazine rings is 1. The second kappa shape index (κ2) is 4.17. The molecule has 0 aromatic heterocycles. The standard InChI is InChI=1S/C9H19N3O/c1-9(2,8(13)10-3)12-6-4-11-5-7-12/h11H,4-7H2,1-3H3,(H,10,13)/p+1. The lowest BCUT2D eigenvalue weighted by molar-refractivity contribution is -0.544. The van der Waals surface area contributed by atoms with Crippen molar-refractivity contribution < 1.29 is 10.1 Å². The third kappa shape index (κ3) is 2.27. The Bertz CT molecular complexity index is 185. The summed E-state index contributed by atoms with van der Waals surface area (Å²) in [5.74, 6) is 0.217. The molecule has 1 aliphatic rings. The zero-order chi connectivity index (χ0) is 9.90. The van der Waals surface area contributed by atoms with Crippen LogP contribution in [0.4, 0.5) is 0 Å². The molecular weight excluding hydrogens is 166 g/mol. The van der Waals surface area contributed by atoms with Gasteiger partial charge in [-0.15, -0.1) is 0 Å². The second-order valence-electron chi connectivity index (χ2n) is 3.95. The quantitative estimate of drug-likeness (QED) is 0.545. The Balaban J connectivity index is 2.60. The largest absolute Gasteiger partial charge is 0.330 e. The molecule has 1 aliphatic heterocycles. The van der Waals surface area contributed by atoms with Crippen molar-refractivity contribution in [2.45, 2.75) is 19.4 Å². The normalized spacial score (nSPS) is 20.2. The fraction of sp³-hybridized carbons (Fsp3) is 0.889. The number of rotatable bonds is 2. The predicted molar refractivity (Wildman–Crippen MR) is 51.4 cm³/mol. The zero-order valence-electron chi connectivity index (χ0n) is 8.76. The molecule has 13 heavy (non-hydrogen) atoms. The number of amides is 1. The van der Waals surface area contributed by atoms with Crippen molar-refractivity contribution in [3.05, 3.63) is 0 Å². The Hall–Kier alpha value is -0.450. The minimum atomic E-state index is -0.323. The van der Waals surface area contributed by atoms with E-state index in [1.54, 1.807) is 5.32 Å². The highest BCUT2D eigenvalue weighted by Crippen LogP contribution is 2.13. The van der Waals surface area contributed by atoms with Crippen LogP contribution in [0.5, 0.6) is 0 Å². The highest BCUT2D eigenvalue weighted by Gasteiger charge is 2.37. The van der Waals surface area contributed by atoms with E-state index in [-0.39, 0.29) is 11.4 Å². The van der Waals surface area contributed by atoms with Gasteiger partial charge in [-0.1, -0.05) is 0 Å². The van der Waals surface area contributed by atoms with Gasteiger partial charge in [0.2, 0.25) is 0 Å². The molecular formula is C9H20N3O+. The predicted octanol–water partition coefficient (Wildman–Crippen LogP) is -1.61. The number of quaternary nitrogens is 1. The summed E-state index contributed by atoms with van der Waals surface area (Å²) < 4.78 is 0. The smallest absolute Gasteiger partial charge is 0.314 e. The van der Waals surface area contributed by atoms with Crippen molar-refractivity contribution in [1.29, 1.82) is 0 Å². The van der Waals surface area contributed by atoms with Gasteiger partial charge in [-0.05, 0) is 13.8 Å². The van der Waals surface area contributed by atoms with Crippen LogP contribution < -0.4 is 10.6 Å². The van der Waals surface area contributed by atoms with Crippen molar-refractivity contribution in [1.82, 2.24) is 10.2 Å². The molecule has 76 valence electrons. The first-order valence-corrected chi connectivity index (χ1v) is 4.88. The van der Waals surface area contributed by atoms with Crippen molar-refractivity contribution in [3.63, 3.8) is 0 Å². The van der Waals surface area contributed by atoms with Crippen LogP contribution >= 0.6 is 0 Å². The molecule has 0 spiro atoms. The minimum absolute atomic E-state index is 0.217. The molecule has 0 saturated carbocycles. The number of hydrogen-bond acceptors (Lipinski definition) is 3. The number of nitrogens with one attached hydrogen (secondary N) is 1. The van der Waals surface area contributed by atoms with Gasteiger partial charge >= 0.3 is 5.91 Å². The molecule has 4 nitrogen and oxygen atoms in total. The van der Waals surface area contributed by atoms with Gasteiger partial charge in [0, 0.05) is 26.2 Å². The Morgan fingerprint density at radius 1 is 1.38 bits per heavy atom. The lowest BCUT2D eigenvalue weighted by atomic mass is 10.0. The first-order valence-electron chi connectivity index (χ1n) is 4.88. The van der Waals surface area contributed by atoms with Gasteiger partial charge < -0.3 is 5.32 Å². The molecule has 1 saturated heterocycles. The van der Waals surface area contributed by atoms with Crippen molar-refractivity contribution >= 4 is 5.91 Å². The molecule has 1 heterocycles. The first kappa shape index (κ1) is 10.6. The average molecular weight is 186 g/mol. The van der Waals surface area contributed by atoms with Crippen molar-refractivity contribution in [2.75, 3.05) is 33.2 Å². The average Bonchev–Trinajstić information content (AvgIpc) is 2.18. The maximum absolute atomic E-state index is 11.6. The van der Waals surface area contributed by atoms with Gasteiger partial charge in [0.25, 0.3) is 0 Å². The molecule has 0 radical (unpaired) electrons. The van der Waals surface area contributed by atoms with Gasteiger partial charge in [-0.3, -0.25) is 10.2 Å². The van der Waals surface area contributed by atoms with Gasteiger partial charge in [-0.25, -0.2) is 4.79 Å². The fourth-order valence-electron chi connectivity index (χ4n) is 1.73. The topological polar surface area (TPSA) is 49.0 Å². The van der Waals surface area contributed by atoms with Crippen LogP contribution in [0.15, 0.2) is 0 Å². The lowest BCUT2D eigenvalue weighted by Crippen LogP contribution is -2.90. The van der Waals surface area contributed by atoms with Crippen molar-refractivity contribution in [2.24, 2.45) is 0 Å². The van der Waals surface area contributed by atoms with Gasteiger partial charge in [0.15, 0.2) is 0 Å². The van der Waals surface area contributed by atoms with E-state index in [2.05, 4.69) is 10.2 Å². The van der Waals surface area contributed by atoms with E-state index in [9.17, 15) is 4.79 Å². The summed E-state index contributed by atoms with van der Waals surface area (Å²) in [4.78, 5) is 13.9. The Kier molecular flexibility index (Phi) is 3.41. The number of primary amides is 1. The van der Waals surface area contributed by atoms with E-state index in [1.807, 2.05) is 20.9 Å². The number of carbonyl (C=O) groups is 1. The minimum Gasteiger partial charge on any atom is -0.314 e. The summed E-state index contributed by atoms with van der Waals surface area (Å²) in [6, 6.07) is 0. The highest BCUT2D eigenvalue weighted by molar-refractivity contribution is 5.76. The first-order chi connectivity index (χ1) is 6.09. The second-order valence-corrected chi connectivity index (χ2v) is 3.95. The number of carbonyl (C=O) groups excluding carboxylic acids is 1. The third-order valence-corrected chi connectivity index (χ3v) is 2.77. The molecule has 0 bridgehead atoms. The molecule has 0 aromatic rings. The molecule has 0 aliphatic carbocycles. The summed E-state index contributed by atoms with van der Waals surface area (Å²) in [6.45, 7) is 7.90. The van der Waals surface area contributed by atoms with Gasteiger partial charge in [-0.2, -0.15) is 0 Å². The monoisotopic (exact) mass is 186 g/mol. The van der Waals surface area contributed by atoms with E-state index < -0.39 is 0 Å². The van der Waals surface area contributed by atoms with Crippen LogP contribution in [0.1, 0.15) is 13.8 Å². The number of nitrogens with zero attached hydrogens (tertiary/aromatic N) is 1. The zero-order valence-corrected chi connectivity index (χ0v) is 8.76. The summed E-state index contributed by atoms with van der Waals surface area (Å²) in [5.41, 5.74) is -0.323. The summed E-state index contributed by atoms with van der Waals surface area (Å²) in [5, 5.41) is 4.95. The molecule has 4 heteroatoms. The molecule has 0 atom stereocenters. The maximum atomic E-state index is 11.6. The highest BCUT2D eigenvalue weighted by atomic mass is 16.2. The summed E-state index contributed by atoms with van der Waals surface area (Å²) >= 11 is 0. The van der Waals surface area contributed by atoms with Gasteiger partial charge in [0.1, 0.15) is 5.54 Å². The maximum Gasteiger partial charge on any atom is 0.330 e. The third-order valence-electron chi connectivity index (χ3n) is 2.77. The van der Waals surface area contributed by atoms with Crippen LogP contribution in [-0.4, -0.2) is 49.6 Å². The number of hydrogen-bond donors (Lipinski definition) is 2. The molecule has 1 rings (SSSR count). The van der Waals surface area contributed by atoms with Crippen molar-refractivity contribution in [3.8, 4) is 0 Å². The van der Waals surface area contributed by atoms with Crippen LogP contribution in [0.25, 0.3) is 0 Å². The van der Waals surface area contributed by atoms with E-state index in [0.717, 1.165) is 26.2 Å². The number of likely N-dealkylation sites (N-methyl/N-ethyl adjacent to an activating group) is 1. The Labute approximate surface area is 79.7 Å². The van der Waals surface area contributed by atoms with E-state index in [0.29, 0.717) is 0 Å². The molecule has 1 fully saturated rings. The van der Waals surface area contributed by atoms with Crippen LogP contribution in [0, 0.1) is 0 Å². The Morgan fingerprint density at radius 2 is 1.92 bits per heavy atom. The van der Waals surface area contributed by atoms with E-state index in [4.69, 9.17) is 0 Å². The summed E-state index contributed by atoms with van der Waals surface area (Å²) in [6.07, 6.45) is 0. The Morgan fingerprint density at radius 3 is 2.38 bits per heavy atom. The van der Waals surface area contributed by atoms with Crippen LogP contribution in [-0.2, 0) is 4.79 Å². The fourth-order valence-corrected chi connectivity index (χ4v) is 1.73. The van der Waals surface area contributed by atoms with Gasteiger partial charge in [0.05, 0.1) is 7.05 Å². The van der Waals surface area contributed by atoms with E-state index >= 15 is 0 Å². The van der Waals surface area contributed by atoms with Crippen LogP contribution in [0.3, 0.4) is 0 Å². The molecule has 3 N–H and O–H groups in total. The van der Waals surface area contributed by atoms with E-state index in [1.165, 1.54) is 0 Å². The lowest BCUT2D eigenvalue weighted by Gasteiger charge is -2.37. The van der Waals surface area contributed by atoms with Crippen LogP contribution in [0.2, 0.25) is 0 Å². The molecule has 0 aromatic carbocycles. The SMILES string of the molecule is C[NH2+]C(=O)C(C)(C)N1CCNCC1. The summed E-state index contributed by atoms with van der Waals surface area (Å²) in [7, 11) is 1.81. The molecule has 0 unspecified atom stereocenters. The molecule has 1 amide bonds.